The molecule has 0 unspecified atom stereocenters. The van der Waals surface area contributed by atoms with Gasteiger partial charge in [0.25, 0.3) is 5.69 Å². The molecule has 1 aromatic carbocycles. The Morgan fingerprint density at radius 1 is 1.36 bits per heavy atom. The number of hydrogen-bond donors (Lipinski definition) is 1. The van der Waals surface area contributed by atoms with Crippen molar-refractivity contribution in [2.45, 2.75) is 52.2 Å². The zero-order valence-electron chi connectivity index (χ0n) is 14.9. The SMILES string of the molecule is Cc1ccc(NC(=O)[C@@H]2CCCN2C(=O)OC(C)(C)C)cc1[N+](=O)[O-]. The fourth-order valence-corrected chi connectivity index (χ4v) is 2.69. The van der Waals surface area contributed by atoms with Crippen molar-refractivity contribution in [1.82, 2.24) is 4.90 Å². The highest BCUT2D eigenvalue weighted by atomic mass is 16.6. The molecule has 0 radical (unpaired) electrons. The summed E-state index contributed by atoms with van der Waals surface area (Å²) in [6, 6.07) is 3.86. The molecule has 2 rings (SSSR count). The molecule has 136 valence electrons. The monoisotopic (exact) mass is 349 g/mol. The van der Waals surface area contributed by atoms with Gasteiger partial charge in [0, 0.05) is 23.9 Å². The van der Waals surface area contributed by atoms with Gasteiger partial charge < -0.3 is 10.1 Å². The van der Waals surface area contributed by atoms with Gasteiger partial charge in [0.2, 0.25) is 5.91 Å². The first-order valence-electron chi connectivity index (χ1n) is 8.14. The van der Waals surface area contributed by atoms with Crippen LogP contribution < -0.4 is 5.32 Å². The molecule has 8 nitrogen and oxygen atoms in total. The van der Waals surface area contributed by atoms with Crippen LogP contribution in [0.1, 0.15) is 39.2 Å². The summed E-state index contributed by atoms with van der Waals surface area (Å²) in [6.45, 7) is 7.37. The van der Waals surface area contributed by atoms with Crippen LogP contribution in [0, 0.1) is 17.0 Å². The molecule has 0 bridgehead atoms. The third-order valence-corrected chi connectivity index (χ3v) is 3.86. The van der Waals surface area contributed by atoms with Crippen LogP contribution in [-0.2, 0) is 9.53 Å². The van der Waals surface area contributed by atoms with Crippen molar-refractivity contribution in [1.29, 1.82) is 0 Å². The number of nitro groups is 1. The number of nitrogens with zero attached hydrogens (tertiary/aromatic N) is 2. The summed E-state index contributed by atoms with van der Waals surface area (Å²) < 4.78 is 5.34. The Morgan fingerprint density at radius 3 is 2.64 bits per heavy atom. The van der Waals surface area contributed by atoms with Crippen LogP contribution in [0.4, 0.5) is 16.2 Å². The third kappa shape index (κ3) is 4.68. The Hall–Kier alpha value is -2.64. The minimum Gasteiger partial charge on any atom is -0.444 e. The number of benzene rings is 1. The number of ether oxygens (including phenoxy) is 1. The third-order valence-electron chi connectivity index (χ3n) is 3.86. The first-order valence-corrected chi connectivity index (χ1v) is 8.14. The van der Waals surface area contributed by atoms with E-state index >= 15 is 0 Å². The molecule has 1 atom stereocenters. The highest BCUT2D eigenvalue weighted by Gasteiger charge is 2.36. The summed E-state index contributed by atoms with van der Waals surface area (Å²) in [5.41, 5.74) is 0.143. The second kappa shape index (κ2) is 7.08. The standard InChI is InChI=1S/C17H23N3O5/c1-11-7-8-12(10-14(11)20(23)24)18-15(21)13-6-5-9-19(13)16(22)25-17(2,3)4/h7-8,10,13H,5-6,9H2,1-4H3,(H,18,21)/t13-/m0/s1. The predicted molar refractivity (Wildman–Crippen MR) is 92.4 cm³/mol. The molecule has 25 heavy (non-hydrogen) atoms. The molecular weight excluding hydrogens is 326 g/mol. The number of rotatable bonds is 3. The lowest BCUT2D eigenvalue weighted by Crippen LogP contribution is -2.45. The second-order valence-corrected chi connectivity index (χ2v) is 7.08. The molecule has 1 N–H and O–H groups in total. The van der Waals surface area contributed by atoms with E-state index in [-0.39, 0.29) is 11.6 Å². The predicted octanol–water partition coefficient (Wildman–Crippen LogP) is 3.24. The van der Waals surface area contributed by atoms with Gasteiger partial charge in [0.05, 0.1) is 4.92 Å². The molecule has 0 aliphatic carbocycles. The first-order chi connectivity index (χ1) is 11.6. The van der Waals surface area contributed by atoms with Gasteiger partial charge in [-0.2, -0.15) is 0 Å². The van der Waals surface area contributed by atoms with Gasteiger partial charge in [-0.1, -0.05) is 6.07 Å². The Morgan fingerprint density at radius 2 is 2.04 bits per heavy atom. The average Bonchev–Trinajstić information content (AvgIpc) is 2.97. The molecule has 0 spiro atoms. The molecule has 1 aromatic rings. The van der Waals surface area contributed by atoms with E-state index in [1.807, 2.05) is 0 Å². The van der Waals surface area contributed by atoms with Gasteiger partial charge >= 0.3 is 6.09 Å². The van der Waals surface area contributed by atoms with E-state index in [1.54, 1.807) is 39.8 Å². The fourth-order valence-electron chi connectivity index (χ4n) is 2.69. The molecule has 2 amide bonds. The zero-order chi connectivity index (χ0) is 18.8. The van der Waals surface area contributed by atoms with Crippen molar-refractivity contribution in [2.75, 3.05) is 11.9 Å². The van der Waals surface area contributed by atoms with E-state index in [0.29, 0.717) is 30.6 Å². The van der Waals surface area contributed by atoms with Crippen LogP contribution in [0.25, 0.3) is 0 Å². The molecular formula is C17H23N3O5. The number of nitrogens with one attached hydrogen (secondary N) is 1. The minimum absolute atomic E-state index is 0.0618. The van der Waals surface area contributed by atoms with E-state index < -0.39 is 22.7 Å². The van der Waals surface area contributed by atoms with Gasteiger partial charge in [-0.05, 0) is 46.6 Å². The smallest absolute Gasteiger partial charge is 0.410 e. The molecule has 1 aliphatic rings. The highest BCUT2D eigenvalue weighted by molar-refractivity contribution is 5.97. The van der Waals surface area contributed by atoms with Gasteiger partial charge in [0.15, 0.2) is 0 Å². The van der Waals surface area contributed by atoms with E-state index in [9.17, 15) is 19.7 Å². The van der Waals surface area contributed by atoms with Gasteiger partial charge in [-0.3, -0.25) is 19.8 Å². The van der Waals surface area contributed by atoms with Crippen LogP contribution in [0.15, 0.2) is 18.2 Å². The highest BCUT2D eigenvalue weighted by Crippen LogP contribution is 2.25. The maximum Gasteiger partial charge on any atom is 0.410 e. The van der Waals surface area contributed by atoms with Gasteiger partial charge in [-0.25, -0.2) is 4.79 Å². The van der Waals surface area contributed by atoms with E-state index in [2.05, 4.69) is 5.32 Å². The number of anilines is 1. The summed E-state index contributed by atoms with van der Waals surface area (Å²) in [6.07, 6.45) is 0.699. The van der Waals surface area contributed by atoms with Crippen LogP contribution in [0.2, 0.25) is 0 Å². The fraction of sp³-hybridized carbons (Fsp3) is 0.529. The number of hydrogen-bond acceptors (Lipinski definition) is 5. The van der Waals surface area contributed by atoms with Crippen molar-refractivity contribution < 1.29 is 19.2 Å². The van der Waals surface area contributed by atoms with Crippen molar-refractivity contribution in [2.24, 2.45) is 0 Å². The number of carbonyl (C=O) groups is 2. The lowest BCUT2D eigenvalue weighted by atomic mass is 10.1. The molecule has 8 heteroatoms. The molecule has 1 fully saturated rings. The number of carbonyl (C=O) groups excluding carboxylic acids is 2. The van der Waals surface area contributed by atoms with Crippen molar-refractivity contribution >= 4 is 23.4 Å². The summed E-state index contributed by atoms with van der Waals surface area (Å²) in [4.78, 5) is 36.7. The van der Waals surface area contributed by atoms with E-state index in [0.717, 1.165) is 0 Å². The Labute approximate surface area is 146 Å². The van der Waals surface area contributed by atoms with E-state index in [1.165, 1.54) is 11.0 Å². The molecule has 1 aliphatic heterocycles. The van der Waals surface area contributed by atoms with Crippen molar-refractivity contribution in [3.63, 3.8) is 0 Å². The maximum absolute atomic E-state index is 12.5. The largest absolute Gasteiger partial charge is 0.444 e. The van der Waals surface area contributed by atoms with Gasteiger partial charge in [-0.15, -0.1) is 0 Å². The minimum atomic E-state index is -0.643. The molecule has 1 saturated heterocycles. The second-order valence-electron chi connectivity index (χ2n) is 7.08. The number of amides is 2. The van der Waals surface area contributed by atoms with E-state index in [4.69, 9.17) is 4.74 Å². The number of nitro benzene ring substituents is 1. The van der Waals surface area contributed by atoms with Crippen LogP contribution in [0.3, 0.4) is 0 Å². The average molecular weight is 349 g/mol. The molecule has 0 saturated carbocycles. The van der Waals surface area contributed by atoms with Gasteiger partial charge in [0.1, 0.15) is 11.6 Å². The Bertz CT molecular complexity index is 696. The first kappa shape index (κ1) is 18.7. The zero-order valence-corrected chi connectivity index (χ0v) is 14.9. The van der Waals surface area contributed by atoms with Crippen LogP contribution >= 0.6 is 0 Å². The van der Waals surface area contributed by atoms with Crippen LogP contribution in [0.5, 0.6) is 0 Å². The summed E-state index contributed by atoms with van der Waals surface area (Å²) in [7, 11) is 0. The Balaban J connectivity index is 2.11. The summed E-state index contributed by atoms with van der Waals surface area (Å²) in [5, 5.41) is 13.7. The summed E-state index contributed by atoms with van der Waals surface area (Å²) >= 11 is 0. The molecule has 1 heterocycles. The lowest BCUT2D eigenvalue weighted by Gasteiger charge is -2.28. The number of aryl methyl sites for hydroxylation is 1. The Kier molecular flexibility index (Phi) is 5.30. The molecule has 0 aromatic heterocycles. The lowest BCUT2D eigenvalue weighted by molar-refractivity contribution is -0.385. The maximum atomic E-state index is 12.5. The quantitative estimate of drug-likeness (QED) is 0.667. The normalized spacial score (nSPS) is 17.3. The topological polar surface area (TPSA) is 102 Å². The number of likely N-dealkylation sites (tertiary alicyclic amines) is 1. The van der Waals surface area contributed by atoms with Crippen LogP contribution in [-0.4, -0.2) is 40.0 Å². The van der Waals surface area contributed by atoms with Crippen molar-refractivity contribution in [3.05, 3.63) is 33.9 Å². The van der Waals surface area contributed by atoms with Crippen molar-refractivity contribution in [3.8, 4) is 0 Å². The summed E-state index contributed by atoms with van der Waals surface area (Å²) in [5.74, 6) is -0.374.